The van der Waals surface area contributed by atoms with Gasteiger partial charge in [0.25, 0.3) is 11.5 Å². The number of hydrogen-bond donors (Lipinski definition) is 1. The van der Waals surface area contributed by atoms with E-state index in [2.05, 4.69) is 0 Å². The SMILES string of the molecule is CC(C)n1c(C(=O)NCC(F)(F)F)cc2ccccc2c1=O. The predicted molar refractivity (Wildman–Crippen MR) is 77.0 cm³/mol. The van der Waals surface area contributed by atoms with Crippen LogP contribution in [0.1, 0.15) is 30.4 Å². The van der Waals surface area contributed by atoms with Gasteiger partial charge < -0.3 is 9.88 Å². The monoisotopic (exact) mass is 312 g/mol. The zero-order valence-corrected chi connectivity index (χ0v) is 12.1. The largest absolute Gasteiger partial charge is 0.405 e. The second kappa shape index (κ2) is 5.82. The lowest BCUT2D eigenvalue weighted by Crippen LogP contribution is -2.37. The van der Waals surface area contributed by atoms with Gasteiger partial charge in [-0.25, -0.2) is 0 Å². The van der Waals surface area contributed by atoms with E-state index in [1.807, 2.05) is 0 Å². The highest BCUT2D eigenvalue weighted by molar-refractivity contribution is 5.96. The Labute approximate surface area is 124 Å². The van der Waals surface area contributed by atoms with Crippen molar-refractivity contribution in [3.05, 3.63) is 46.4 Å². The molecule has 2 aromatic rings. The third kappa shape index (κ3) is 3.29. The molecule has 0 atom stereocenters. The molecule has 0 saturated heterocycles. The van der Waals surface area contributed by atoms with Crippen LogP contribution < -0.4 is 10.9 Å². The van der Waals surface area contributed by atoms with Gasteiger partial charge in [0.1, 0.15) is 12.2 Å². The van der Waals surface area contributed by atoms with Gasteiger partial charge in [-0.1, -0.05) is 18.2 Å². The van der Waals surface area contributed by atoms with Gasteiger partial charge in [0.05, 0.1) is 0 Å². The maximum Gasteiger partial charge on any atom is 0.405 e. The zero-order valence-electron chi connectivity index (χ0n) is 12.1. The van der Waals surface area contributed by atoms with Crippen LogP contribution in [0.25, 0.3) is 10.8 Å². The van der Waals surface area contributed by atoms with Crippen LogP contribution in [0.15, 0.2) is 35.1 Å². The molecule has 22 heavy (non-hydrogen) atoms. The summed E-state index contributed by atoms with van der Waals surface area (Å²) in [6.07, 6.45) is -4.50. The van der Waals surface area contributed by atoms with E-state index in [4.69, 9.17) is 0 Å². The van der Waals surface area contributed by atoms with Crippen LogP contribution in [0.3, 0.4) is 0 Å². The van der Waals surface area contributed by atoms with Gasteiger partial charge in [-0.2, -0.15) is 13.2 Å². The number of pyridine rings is 1. The number of benzene rings is 1. The van der Waals surface area contributed by atoms with Crippen LogP contribution >= 0.6 is 0 Å². The van der Waals surface area contributed by atoms with Gasteiger partial charge in [-0.3, -0.25) is 9.59 Å². The van der Waals surface area contributed by atoms with E-state index in [1.165, 1.54) is 10.6 Å². The molecule has 1 amide bonds. The van der Waals surface area contributed by atoms with Crippen molar-refractivity contribution < 1.29 is 18.0 Å². The van der Waals surface area contributed by atoms with Crippen LogP contribution in [-0.4, -0.2) is 23.2 Å². The number of halogens is 3. The average Bonchev–Trinajstić information content (AvgIpc) is 2.43. The molecule has 0 aliphatic heterocycles. The maximum atomic E-state index is 12.5. The Morgan fingerprint density at radius 3 is 2.50 bits per heavy atom. The lowest BCUT2D eigenvalue weighted by Gasteiger charge is -2.17. The smallest absolute Gasteiger partial charge is 0.342 e. The topological polar surface area (TPSA) is 51.1 Å². The number of amides is 1. The van der Waals surface area contributed by atoms with Gasteiger partial charge in [-0.15, -0.1) is 0 Å². The van der Waals surface area contributed by atoms with Crippen LogP contribution in [0.5, 0.6) is 0 Å². The van der Waals surface area contributed by atoms with E-state index >= 15 is 0 Å². The molecule has 0 aliphatic carbocycles. The summed E-state index contributed by atoms with van der Waals surface area (Å²) in [5.41, 5.74) is -0.479. The van der Waals surface area contributed by atoms with Crippen molar-refractivity contribution in [3.8, 4) is 0 Å². The van der Waals surface area contributed by atoms with E-state index in [-0.39, 0.29) is 11.7 Å². The molecular weight excluding hydrogens is 297 g/mol. The van der Waals surface area contributed by atoms with Crippen molar-refractivity contribution >= 4 is 16.7 Å². The van der Waals surface area contributed by atoms with E-state index < -0.39 is 24.2 Å². The summed E-state index contributed by atoms with van der Waals surface area (Å²) in [7, 11) is 0. The maximum absolute atomic E-state index is 12.5. The number of fused-ring (bicyclic) bond motifs is 1. The minimum atomic E-state index is -4.50. The lowest BCUT2D eigenvalue weighted by atomic mass is 10.1. The number of nitrogens with one attached hydrogen (secondary N) is 1. The number of carbonyl (C=O) groups excluding carboxylic acids is 1. The highest BCUT2D eigenvalue weighted by Crippen LogP contribution is 2.17. The summed E-state index contributed by atoms with van der Waals surface area (Å²) in [4.78, 5) is 24.5. The van der Waals surface area contributed by atoms with Crippen molar-refractivity contribution in [2.45, 2.75) is 26.1 Å². The summed E-state index contributed by atoms with van der Waals surface area (Å²) in [5.74, 6) is -0.922. The Morgan fingerprint density at radius 1 is 1.27 bits per heavy atom. The molecule has 7 heteroatoms. The van der Waals surface area contributed by atoms with Gasteiger partial charge in [0, 0.05) is 11.4 Å². The fourth-order valence-corrected chi connectivity index (χ4v) is 2.23. The molecule has 4 nitrogen and oxygen atoms in total. The second-order valence-electron chi connectivity index (χ2n) is 5.18. The summed E-state index contributed by atoms with van der Waals surface area (Å²) in [6, 6.07) is 7.72. The Hall–Kier alpha value is -2.31. The molecule has 2 rings (SSSR count). The first-order valence-electron chi connectivity index (χ1n) is 6.70. The minimum Gasteiger partial charge on any atom is -0.342 e. The predicted octanol–water partition coefficient (Wildman–Crippen LogP) is 2.87. The summed E-state index contributed by atoms with van der Waals surface area (Å²) in [6.45, 7) is 1.94. The number of alkyl halides is 3. The van der Waals surface area contributed by atoms with Crippen LogP contribution in [0.4, 0.5) is 13.2 Å². The van der Waals surface area contributed by atoms with Crippen LogP contribution in [-0.2, 0) is 0 Å². The Kier molecular flexibility index (Phi) is 4.25. The highest BCUT2D eigenvalue weighted by Gasteiger charge is 2.28. The van der Waals surface area contributed by atoms with Crippen LogP contribution in [0.2, 0.25) is 0 Å². The van der Waals surface area contributed by atoms with E-state index in [1.54, 1.807) is 43.4 Å². The molecule has 1 aromatic carbocycles. The normalized spacial score (nSPS) is 11.9. The number of nitrogens with zero attached hydrogens (tertiary/aromatic N) is 1. The second-order valence-corrected chi connectivity index (χ2v) is 5.18. The molecule has 0 bridgehead atoms. The molecule has 1 aromatic heterocycles. The van der Waals surface area contributed by atoms with Gasteiger partial charge in [0.2, 0.25) is 0 Å². The average molecular weight is 312 g/mol. The Morgan fingerprint density at radius 2 is 1.91 bits per heavy atom. The summed E-state index contributed by atoms with van der Waals surface area (Å²) in [5, 5.41) is 2.74. The van der Waals surface area contributed by atoms with Gasteiger partial charge in [0.15, 0.2) is 0 Å². The van der Waals surface area contributed by atoms with Crippen molar-refractivity contribution in [1.29, 1.82) is 0 Å². The summed E-state index contributed by atoms with van der Waals surface area (Å²) >= 11 is 0. The standard InChI is InChI=1S/C15H15F3N2O2/c1-9(2)20-12(13(21)19-8-15(16,17)18)7-10-5-3-4-6-11(10)14(20)22/h3-7,9H,8H2,1-2H3,(H,19,21). The fourth-order valence-electron chi connectivity index (χ4n) is 2.23. The van der Waals surface area contributed by atoms with Crippen molar-refractivity contribution in [2.75, 3.05) is 6.54 Å². The first kappa shape index (κ1) is 16.1. The first-order valence-corrected chi connectivity index (χ1v) is 6.70. The fraction of sp³-hybridized carbons (Fsp3) is 0.333. The molecule has 0 aliphatic rings. The number of carbonyl (C=O) groups is 1. The van der Waals surface area contributed by atoms with E-state index in [9.17, 15) is 22.8 Å². The van der Waals surface area contributed by atoms with E-state index in [0.29, 0.717) is 10.8 Å². The molecule has 0 fully saturated rings. The molecule has 118 valence electrons. The molecule has 0 unspecified atom stereocenters. The van der Waals surface area contributed by atoms with Gasteiger partial charge >= 0.3 is 6.18 Å². The van der Waals surface area contributed by atoms with Crippen LogP contribution in [0, 0.1) is 0 Å². The highest BCUT2D eigenvalue weighted by atomic mass is 19.4. The lowest BCUT2D eigenvalue weighted by molar-refractivity contribution is -0.123. The van der Waals surface area contributed by atoms with Crippen molar-refractivity contribution in [2.24, 2.45) is 0 Å². The molecule has 1 heterocycles. The zero-order chi connectivity index (χ0) is 16.5. The molecule has 0 spiro atoms. The molecule has 1 N–H and O–H groups in total. The number of hydrogen-bond acceptors (Lipinski definition) is 2. The van der Waals surface area contributed by atoms with Crippen molar-refractivity contribution in [3.63, 3.8) is 0 Å². The molecule has 0 saturated carbocycles. The third-order valence-corrected chi connectivity index (χ3v) is 3.16. The third-order valence-electron chi connectivity index (χ3n) is 3.16. The minimum absolute atomic E-state index is 0.0806. The van der Waals surface area contributed by atoms with Crippen molar-refractivity contribution in [1.82, 2.24) is 9.88 Å². The van der Waals surface area contributed by atoms with E-state index in [0.717, 1.165) is 0 Å². The molecular formula is C15H15F3N2O2. The Bertz CT molecular complexity index is 763. The first-order chi connectivity index (χ1) is 10.2. The Balaban J connectivity index is 2.54. The molecule has 0 radical (unpaired) electrons. The number of aromatic nitrogens is 1. The summed E-state index contributed by atoms with van der Waals surface area (Å²) < 4.78 is 37.9. The number of rotatable bonds is 3. The van der Waals surface area contributed by atoms with Gasteiger partial charge in [-0.05, 0) is 31.4 Å². The quantitative estimate of drug-likeness (QED) is 0.947.